The first-order valence-electron chi connectivity index (χ1n) is 12.5. The van der Waals surface area contributed by atoms with E-state index in [9.17, 15) is 18.0 Å². The summed E-state index contributed by atoms with van der Waals surface area (Å²) < 4.78 is 32.0. The average molecular weight is 540 g/mol. The lowest BCUT2D eigenvalue weighted by Gasteiger charge is -2.35. The number of carbonyl (C=O) groups is 2. The lowest BCUT2D eigenvalue weighted by Crippen LogP contribution is -2.51. The third-order valence-corrected chi connectivity index (χ3v) is 10.5. The maximum absolute atomic E-state index is 13.6. The summed E-state index contributed by atoms with van der Waals surface area (Å²) in [7, 11) is -2.01. The fourth-order valence-electron chi connectivity index (χ4n) is 4.92. The number of amides is 2. The molecule has 1 fully saturated rings. The lowest BCUT2D eigenvalue weighted by atomic mass is 10.0. The lowest BCUT2D eigenvalue weighted by molar-refractivity contribution is 0.0723. The predicted octanol–water partition coefficient (Wildman–Crippen LogP) is 2.15. The van der Waals surface area contributed by atoms with Crippen molar-refractivity contribution in [3.05, 3.63) is 65.0 Å². The minimum absolute atomic E-state index is 0.0455. The molecule has 1 aromatic heterocycles. The Kier molecular flexibility index (Phi) is 7.50. The van der Waals surface area contributed by atoms with E-state index in [1.165, 1.54) is 4.68 Å². The molecule has 1 aromatic carbocycles. The fraction of sp³-hybridized carbons (Fsp3) is 0.481. The number of nitriles is 1. The molecule has 1 N–H and O–H groups in total. The van der Waals surface area contributed by atoms with Crippen molar-refractivity contribution in [2.75, 3.05) is 26.3 Å². The van der Waals surface area contributed by atoms with Crippen molar-refractivity contribution in [3.8, 4) is 6.07 Å². The van der Waals surface area contributed by atoms with Crippen molar-refractivity contribution in [3.63, 3.8) is 0 Å². The second-order valence-electron chi connectivity index (χ2n) is 10.5. The summed E-state index contributed by atoms with van der Waals surface area (Å²) in [5, 5.41) is 16.1. The van der Waals surface area contributed by atoms with Crippen molar-refractivity contribution in [1.29, 1.82) is 5.26 Å². The molecule has 2 aliphatic rings. The van der Waals surface area contributed by atoms with Gasteiger partial charge in [0, 0.05) is 32.2 Å². The van der Waals surface area contributed by atoms with Crippen LogP contribution in [0.1, 0.15) is 64.4 Å². The van der Waals surface area contributed by atoms with Gasteiger partial charge in [-0.2, -0.15) is 10.4 Å². The van der Waals surface area contributed by atoms with E-state index in [1.54, 1.807) is 56.1 Å². The average Bonchev–Trinajstić information content (AvgIpc) is 3.60. The van der Waals surface area contributed by atoms with Gasteiger partial charge in [-0.15, -0.1) is 6.58 Å². The number of hydrogen-bond acceptors (Lipinski definition) is 7. The molecule has 4 rings (SSSR count). The summed E-state index contributed by atoms with van der Waals surface area (Å²) in [5.74, 6) is -0.718. The van der Waals surface area contributed by atoms with Gasteiger partial charge < -0.3 is 15.0 Å². The third kappa shape index (κ3) is 4.98. The van der Waals surface area contributed by atoms with Crippen molar-refractivity contribution in [2.24, 2.45) is 7.05 Å². The van der Waals surface area contributed by atoms with Gasteiger partial charge in [-0.05, 0) is 50.8 Å². The highest BCUT2D eigenvalue weighted by Crippen LogP contribution is 2.49. The molecule has 2 heterocycles. The molecule has 10 nitrogen and oxygen atoms in total. The molecular formula is C27H33N5O5S. The standard InChI is InChI=1S/C27H33N5O5S/c1-5-14-37-18-26(2,3)38(35,36)27(11-12-27)17-32-13-10-21-22(30-31(4)23(21)25(32)34)24(33)29-16-20-8-6-19(15-28)7-9-20/h5-9H,1,10-14,16-18H2,2-4H3,(H,29,33). The van der Waals surface area contributed by atoms with E-state index in [2.05, 4.69) is 23.1 Å². The molecule has 1 aliphatic heterocycles. The molecule has 2 aromatic rings. The van der Waals surface area contributed by atoms with Gasteiger partial charge in [-0.3, -0.25) is 14.3 Å². The monoisotopic (exact) mass is 539 g/mol. The zero-order valence-corrected chi connectivity index (χ0v) is 22.8. The number of aromatic nitrogens is 2. The summed E-state index contributed by atoms with van der Waals surface area (Å²) in [5.41, 5.74) is 2.43. The number of fused-ring (bicyclic) bond motifs is 1. The number of aryl methyl sites for hydroxylation is 1. The van der Waals surface area contributed by atoms with Gasteiger partial charge in [0.15, 0.2) is 15.5 Å². The number of nitrogens with zero attached hydrogens (tertiary/aromatic N) is 4. The van der Waals surface area contributed by atoms with Crippen LogP contribution in [0.25, 0.3) is 0 Å². The molecule has 0 spiro atoms. The normalized spacial score (nSPS) is 16.5. The van der Waals surface area contributed by atoms with Crippen LogP contribution in [0.5, 0.6) is 0 Å². The number of hydrogen-bond donors (Lipinski definition) is 1. The maximum Gasteiger partial charge on any atom is 0.272 e. The van der Waals surface area contributed by atoms with Crippen LogP contribution in [0.15, 0.2) is 36.9 Å². The molecule has 11 heteroatoms. The zero-order chi connectivity index (χ0) is 27.7. The van der Waals surface area contributed by atoms with E-state index in [1.807, 2.05) is 0 Å². The summed E-state index contributed by atoms with van der Waals surface area (Å²) in [6.07, 6.45) is 2.96. The Labute approximate surface area is 223 Å². The molecule has 202 valence electrons. The molecule has 0 unspecified atom stereocenters. The number of carbonyl (C=O) groups excluding carboxylic acids is 2. The second kappa shape index (κ2) is 10.3. The first kappa shape index (κ1) is 27.5. The molecule has 1 aliphatic carbocycles. The number of ether oxygens (including phenoxy) is 1. The minimum atomic E-state index is -3.62. The van der Waals surface area contributed by atoms with E-state index in [0.29, 0.717) is 42.6 Å². The Morgan fingerprint density at radius 2 is 2.00 bits per heavy atom. The first-order chi connectivity index (χ1) is 18.0. The van der Waals surface area contributed by atoms with Gasteiger partial charge in [0.05, 0.1) is 34.3 Å². The third-order valence-electron chi connectivity index (χ3n) is 7.29. The van der Waals surface area contributed by atoms with Crippen LogP contribution in [-0.4, -0.2) is 70.7 Å². The summed E-state index contributed by atoms with van der Waals surface area (Å²) >= 11 is 0. The number of sulfone groups is 1. The molecule has 0 bridgehead atoms. The van der Waals surface area contributed by atoms with Crippen LogP contribution in [0.3, 0.4) is 0 Å². The van der Waals surface area contributed by atoms with Gasteiger partial charge in [0.2, 0.25) is 0 Å². The van der Waals surface area contributed by atoms with E-state index < -0.39 is 25.2 Å². The van der Waals surface area contributed by atoms with Crippen molar-refractivity contribution >= 4 is 21.7 Å². The number of rotatable bonds is 11. The van der Waals surface area contributed by atoms with Crippen LogP contribution in [0.2, 0.25) is 0 Å². The van der Waals surface area contributed by atoms with E-state index in [0.717, 1.165) is 5.56 Å². The Hall–Kier alpha value is -3.49. The molecule has 0 saturated heterocycles. The van der Waals surface area contributed by atoms with Crippen LogP contribution in [0.4, 0.5) is 0 Å². The molecule has 0 radical (unpaired) electrons. The highest BCUT2D eigenvalue weighted by atomic mass is 32.2. The largest absolute Gasteiger partial charge is 0.376 e. The van der Waals surface area contributed by atoms with Crippen LogP contribution in [-0.2, 0) is 34.6 Å². The zero-order valence-electron chi connectivity index (χ0n) is 22.0. The molecule has 2 amide bonds. The highest BCUT2D eigenvalue weighted by molar-refractivity contribution is 7.94. The molecule has 38 heavy (non-hydrogen) atoms. The molecule has 1 saturated carbocycles. The number of benzene rings is 1. The quantitative estimate of drug-likeness (QED) is 0.342. The number of nitrogens with one attached hydrogen (secondary N) is 1. The van der Waals surface area contributed by atoms with Crippen LogP contribution in [0, 0.1) is 11.3 Å². The Balaban J connectivity index is 1.47. The minimum Gasteiger partial charge on any atom is -0.376 e. The van der Waals surface area contributed by atoms with Gasteiger partial charge in [0.1, 0.15) is 5.69 Å². The van der Waals surface area contributed by atoms with Crippen molar-refractivity contribution in [2.45, 2.75) is 49.1 Å². The smallest absolute Gasteiger partial charge is 0.272 e. The summed E-state index contributed by atoms with van der Waals surface area (Å²) in [4.78, 5) is 28.0. The van der Waals surface area contributed by atoms with E-state index in [4.69, 9.17) is 10.00 Å². The van der Waals surface area contributed by atoms with Gasteiger partial charge in [-0.1, -0.05) is 18.2 Å². The van der Waals surface area contributed by atoms with Gasteiger partial charge >= 0.3 is 0 Å². The Morgan fingerprint density at radius 3 is 2.61 bits per heavy atom. The molecule has 0 atom stereocenters. The van der Waals surface area contributed by atoms with Gasteiger partial charge in [0.25, 0.3) is 11.8 Å². The van der Waals surface area contributed by atoms with Crippen LogP contribution < -0.4 is 5.32 Å². The first-order valence-corrected chi connectivity index (χ1v) is 14.0. The second-order valence-corrected chi connectivity index (χ2v) is 13.5. The predicted molar refractivity (Wildman–Crippen MR) is 141 cm³/mol. The fourth-order valence-corrected chi connectivity index (χ4v) is 7.29. The Morgan fingerprint density at radius 1 is 1.32 bits per heavy atom. The SMILES string of the molecule is C=CCOCC(C)(C)S(=O)(=O)C1(CN2CCc3c(C(=O)NCc4ccc(C#N)cc4)nn(C)c3C2=O)CC1. The topological polar surface area (TPSA) is 134 Å². The summed E-state index contributed by atoms with van der Waals surface area (Å²) in [6, 6.07) is 8.95. The highest BCUT2D eigenvalue weighted by Gasteiger charge is 2.61. The van der Waals surface area contributed by atoms with Gasteiger partial charge in [-0.25, -0.2) is 8.42 Å². The van der Waals surface area contributed by atoms with E-state index >= 15 is 0 Å². The maximum atomic E-state index is 13.6. The van der Waals surface area contributed by atoms with Crippen molar-refractivity contribution < 1.29 is 22.7 Å². The molecular weight excluding hydrogens is 506 g/mol. The Bertz CT molecular complexity index is 1400. The van der Waals surface area contributed by atoms with Crippen LogP contribution >= 0.6 is 0 Å². The summed E-state index contributed by atoms with van der Waals surface area (Å²) in [6.45, 7) is 7.88. The van der Waals surface area contributed by atoms with E-state index in [-0.39, 0.29) is 37.9 Å². The van der Waals surface area contributed by atoms with Crippen molar-refractivity contribution in [1.82, 2.24) is 20.0 Å².